The second-order valence-corrected chi connectivity index (χ2v) is 8.06. The second-order valence-electron chi connectivity index (χ2n) is 7.65. The Morgan fingerprint density at radius 2 is 1.71 bits per heavy atom. The number of aromatic amines is 1. The van der Waals surface area contributed by atoms with Crippen molar-refractivity contribution in [2.24, 2.45) is 0 Å². The monoisotopic (exact) mass is 450 g/mol. The van der Waals surface area contributed by atoms with E-state index >= 15 is 0 Å². The van der Waals surface area contributed by atoms with Crippen LogP contribution in [0.1, 0.15) is 87.9 Å². The minimum absolute atomic E-state index is 0.189. The van der Waals surface area contributed by atoms with Gasteiger partial charge in [-0.3, -0.25) is 19.5 Å². The normalized spacial score (nSPS) is 10.9. The zero-order chi connectivity index (χ0) is 22.6. The minimum atomic E-state index is -0.744. The van der Waals surface area contributed by atoms with Gasteiger partial charge in [0.25, 0.3) is 5.56 Å². The first-order chi connectivity index (χ1) is 15.0. The Bertz CT molecular complexity index is 919. The molecule has 2 rings (SSSR count). The molecule has 0 saturated carbocycles. The molecular formula is C23H31ClN2O5. The van der Waals surface area contributed by atoms with Crippen LogP contribution in [0, 0.1) is 0 Å². The summed E-state index contributed by atoms with van der Waals surface area (Å²) in [6, 6.07) is 4.43. The van der Waals surface area contributed by atoms with Crippen LogP contribution in [-0.2, 0) is 4.79 Å². The molecule has 0 aliphatic rings. The molecule has 2 N–H and O–H groups in total. The van der Waals surface area contributed by atoms with Crippen molar-refractivity contribution in [3.05, 3.63) is 39.1 Å². The average Bonchev–Trinajstić information content (AvgIpc) is 3.03. The summed E-state index contributed by atoms with van der Waals surface area (Å²) in [6.07, 6.45) is 12.4. The molecule has 0 aliphatic heterocycles. The molecule has 0 aliphatic carbocycles. The van der Waals surface area contributed by atoms with Crippen LogP contribution in [0.3, 0.4) is 0 Å². The number of aromatic hydroxyl groups is 1. The zero-order valence-electron chi connectivity index (χ0n) is 18.0. The van der Waals surface area contributed by atoms with E-state index in [1.165, 1.54) is 63.1 Å². The molecule has 1 heterocycles. The molecular weight excluding hydrogens is 420 g/mol. The van der Waals surface area contributed by atoms with E-state index in [2.05, 4.69) is 12.0 Å². The summed E-state index contributed by atoms with van der Waals surface area (Å²) < 4.78 is 6.34. The number of nitrogens with zero attached hydrogens (tertiary/aromatic N) is 1. The summed E-state index contributed by atoms with van der Waals surface area (Å²) in [7, 11) is 0. The lowest BCUT2D eigenvalue weighted by Crippen LogP contribution is -2.09. The van der Waals surface area contributed by atoms with Gasteiger partial charge in [-0.2, -0.15) is 0 Å². The van der Waals surface area contributed by atoms with Gasteiger partial charge in [0.1, 0.15) is 11.3 Å². The van der Waals surface area contributed by atoms with Crippen molar-refractivity contribution in [2.45, 2.75) is 77.6 Å². The zero-order valence-corrected chi connectivity index (χ0v) is 18.7. The van der Waals surface area contributed by atoms with Crippen molar-refractivity contribution in [3.63, 3.8) is 0 Å². The predicted octanol–water partition coefficient (Wildman–Crippen LogP) is 5.55. The topological polar surface area (TPSA) is 101 Å². The lowest BCUT2D eigenvalue weighted by atomic mass is 10.1. The lowest BCUT2D eigenvalue weighted by molar-refractivity contribution is -0.134. The number of benzene rings is 1. The summed E-state index contributed by atoms with van der Waals surface area (Å²) >= 11 is 6.14. The number of H-pyrrole nitrogens is 1. The predicted molar refractivity (Wildman–Crippen MR) is 121 cm³/mol. The van der Waals surface area contributed by atoms with Crippen molar-refractivity contribution in [1.29, 1.82) is 0 Å². The lowest BCUT2D eigenvalue weighted by Gasteiger charge is -2.10. The SMILES string of the molecule is CCCCCCCCCCCCC(=O)Oc1ccc(Cl)c(-n2[nH]c(=O)c(C=O)c2O)c1. The van der Waals surface area contributed by atoms with Gasteiger partial charge in [-0.15, -0.1) is 0 Å². The minimum Gasteiger partial charge on any atom is -0.493 e. The average molecular weight is 451 g/mol. The molecule has 1 aromatic carbocycles. The van der Waals surface area contributed by atoms with Gasteiger partial charge in [0.2, 0.25) is 5.88 Å². The highest BCUT2D eigenvalue weighted by Crippen LogP contribution is 2.28. The number of halogens is 1. The first-order valence-electron chi connectivity index (χ1n) is 11.0. The van der Waals surface area contributed by atoms with Crippen molar-refractivity contribution in [3.8, 4) is 17.3 Å². The van der Waals surface area contributed by atoms with Crippen LogP contribution < -0.4 is 10.3 Å². The van der Waals surface area contributed by atoms with E-state index in [1.54, 1.807) is 0 Å². The van der Waals surface area contributed by atoms with Crippen molar-refractivity contribution in [2.75, 3.05) is 0 Å². The van der Waals surface area contributed by atoms with Crippen molar-refractivity contribution < 1.29 is 19.4 Å². The summed E-state index contributed by atoms with van der Waals surface area (Å²) in [5, 5.41) is 12.6. The highest BCUT2D eigenvalue weighted by Gasteiger charge is 2.17. The Hall–Kier alpha value is -2.54. The highest BCUT2D eigenvalue weighted by molar-refractivity contribution is 6.32. The van der Waals surface area contributed by atoms with E-state index in [-0.39, 0.29) is 28.7 Å². The fourth-order valence-corrected chi connectivity index (χ4v) is 3.59. The Morgan fingerprint density at radius 3 is 2.29 bits per heavy atom. The third-order valence-corrected chi connectivity index (χ3v) is 5.47. The number of carbonyl (C=O) groups is 2. The van der Waals surface area contributed by atoms with Gasteiger partial charge >= 0.3 is 5.97 Å². The quantitative estimate of drug-likeness (QED) is 0.170. The molecule has 0 bridgehead atoms. The van der Waals surface area contributed by atoms with Crippen LogP contribution in [0.4, 0.5) is 0 Å². The van der Waals surface area contributed by atoms with Gasteiger partial charge in [-0.1, -0.05) is 76.3 Å². The Kier molecular flexibility index (Phi) is 10.4. The molecule has 7 nitrogen and oxygen atoms in total. The largest absolute Gasteiger partial charge is 0.493 e. The smallest absolute Gasteiger partial charge is 0.311 e. The maximum atomic E-state index is 12.1. The van der Waals surface area contributed by atoms with Gasteiger partial charge < -0.3 is 9.84 Å². The van der Waals surface area contributed by atoms with Gasteiger partial charge in [-0.05, 0) is 18.6 Å². The van der Waals surface area contributed by atoms with Crippen LogP contribution in [0.2, 0.25) is 5.02 Å². The van der Waals surface area contributed by atoms with E-state index in [0.29, 0.717) is 6.42 Å². The second kappa shape index (κ2) is 13.0. The molecule has 0 atom stereocenters. The Balaban J connectivity index is 1.79. The molecule has 8 heteroatoms. The van der Waals surface area contributed by atoms with Crippen LogP contribution in [0.5, 0.6) is 11.6 Å². The maximum absolute atomic E-state index is 12.1. The Labute approximate surface area is 187 Å². The van der Waals surface area contributed by atoms with Gasteiger partial charge in [-0.25, -0.2) is 4.68 Å². The molecule has 31 heavy (non-hydrogen) atoms. The van der Waals surface area contributed by atoms with Crippen LogP contribution in [0.15, 0.2) is 23.0 Å². The van der Waals surface area contributed by atoms with Gasteiger partial charge in [0.05, 0.1) is 10.7 Å². The van der Waals surface area contributed by atoms with Gasteiger partial charge in [0, 0.05) is 12.5 Å². The first-order valence-corrected chi connectivity index (χ1v) is 11.4. The number of rotatable bonds is 14. The summed E-state index contributed by atoms with van der Waals surface area (Å²) in [5.41, 5.74) is -0.958. The van der Waals surface area contributed by atoms with E-state index in [9.17, 15) is 19.5 Å². The van der Waals surface area contributed by atoms with Crippen LogP contribution >= 0.6 is 11.6 Å². The molecule has 0 unspecified atom stereocenters. The molecule has 0 saturated heterocycles. The fourth-order valence-electron chi connectivity index (χ4n) is 3.38. The number of ether oxygens (including phenoxy) is 1. The third-order valence-electron chi connectivity index (χ3n) is 5.15. The summed E-state index contributed by atoms with van der Waals surface area (Å²) in [4.78, 5) is 34.8. The van der Waals surface area contributed by atoms with E-state index in [1.807, 2.05) is 0 Å². The van der Waals surface area contributed by atoms with E-state index < -0.39 is 17.0 Å². The molecule has 0 radical (unpaired) electrons. The number of nitrogens with one attached hydrogen (secondary N) is 1. The molecule has 1 aromatic heterocycles. The summed E-state index contributed by atoms with van der Waals surface area (Å²) in [5.74, 6) is -0.680. The first kappa shape index (κ1) is 24.7. The number of aromatic nitrogens is 2. The number of hydrogen-bond donors (Lipinski definition) is 2. The molecule has 0 fully saturated rings. The number of carbonyl (C=O) groups excluding carboxylic acids is 2. The highest BCUT2D eigenvalue weighted by atomic mass is 35.5. The number of hydrogen-bond acceptors (Lipinski definition) is 5. The standard InChI is InChI=1S/C23H31ClN2O5/c1-2-3-4-5-6-7-8-9-10-11-12-21(28)31-17-13-14-19(24)20(15-17)26-23(30)18(16-27)22(29)25-26/h13-16,30H,2-12H2,1H3,(H,25,29). The third kappa shape index (κ3) is 7.58. The molecule has 0 amide bonds. The number of unbranched alkanes of at least 4 members (excludes halogenated alkanes) is 9. The number of esters is 1. The fraction of sp³-hybridized carbons (Fsp3) is 0.522. The van der Waals surface area contributed by atoms with Crippen molar-refractivity contribution in [1.82, 2.24) is 9.78 Å². The molecule has 2 aromatic rings. The maximum Gasteiger partial charge on any atom is 0.311 e. The van der Waals surface area contributed by atoms with E-state index in [0.717, 1.165) is 23.9 Å². The summed E-state index contributed by atoms with van der Waals surface area (Å²) in [6.45, 7) is 2.22. The molecule has 0 spiro atoms. The van der Waals surface area contributed by atoms with Crippen molar-refractivity contribution >= 4 is 23.9 Å². The molecule has 170 valence electrons. The van der Waals surface area contributed by atoms with Crippen LogP contribution in [0.25, 0.3) is 5.69 Å². The number of aldehydes is 1. The van der Waals surface area contributed by atoms with E-state index in [4.69, 9.17) is 16.3 Å². The Morgan fingerprint density at radius 1 is 1.10 bits per heavy atom. The van der Waals surface area contributed by atoms with Crippen LogP contribution in [-0.4, -0.2) is 27.1 Å². The van der Waals surface area contributed by atoms with Gasteiger partial charge in [0.15, 0.2) is 6.29 Å².